The van der Waals surface area contributed by atoms with Crippen molar-refractivity contribution in [1.29, 1.82) is 0 Å². The van der Waals surface area contributed by atoms with Gasteiger partial charge in [-0.3, -0.25) is 4.79 Å². The summed E-state index contributed by atoms with van der Waals surface area (Å²) in [6, 6.07) is 8.35. The topological polar surface area (TPSA) is 43.8 Å². The third-order valence-electron chi connectivity index (χ3n) is 4.42. The highest BCUT2D eigenvalue weighted by Crippen LogP contribution is 2.18. The normalized spacial score (nSPS) is 17.2. The third kappa shape index (κ3) is 5.02. The molecule has 0 radical (unpaired) electrons. The molecule has 2 rings (SSSR count). The Morgan fingerprint density at radius 1 is 1.32 bits per heavy atom. The minimum absolute atomic E-state index is 0.359. The van der Waals surface area contributed by atoms with Crippen LogP contribution in [-0.2, 0) is 4.79 Å². The second-order valence-electron chi connectivity index (χ2n) is 6.43. The largest absolute Gasteiger partial charge is 0.481 e. The predicted molar refractivity (Wildman–Crippen MR) is 90.5 cm³/mol. The predicted octanol–water partition coefficient (Wildman–Crippen LogP) is 3.01. The summed E-state index contributed by atoms with van der Waals surface area (Å²) in [6.07, 6.45) is 3.92. The van der Waals surface area contributed by atoms with Gasteiger partial charge in [0, 0.05) is 25.3 Å². The van der Waals surface area contributed by atoms with Gasteiger partial charge in [-0.25, -0.2) is 0 Å². The van der Waals surface area contributed by atoms with Crippen molar-refractivity contribution in [1.82, 2.24) is 4.90 Å². The van der Waals surface area contributed by atoms with Crippen molar-refractivity contribution < 1.29 is 9.90 Å². The lowest BCUT2D eigenvalue weighted by molar-refractivity contribution is -0.140. The molecule has 0 saturated carbocycles. The Balaban J connectivity index is 2.01. The van der Waals surface area contributed by atoms with Gasteiger partial charge in [-0.2, -0.15) is 0 Å². The van der Waals surface area contributed by atoms with Crippen LogP contribution in [0.5, 0.6) is 0 Å². The Hall–Kier alpha value is -1.55. The summed E-state index contributed by atoms with van der Waals surface area (Å²) in [5, 5.41) is 9.21. The first-order chi connectivity index (χ1) is 10.6. The molecule has 0 spiro atoms. The molecule has 22 heavy (non-hydrogen) atoms. The number of benzene rings is 1. The zero-order valence-electron chi connectivity index (χ0n) is 13.8. The highest BCUT2D eigenvalue weighted by atomic mass is 16.4. The molecule has 1 fully saturated rings. The highest BCUT2D eigenvalue weighted by Gasteiger charge is 2.18. The van der Waals surface area contributed by atoms with Crippen molar-refractivity contribution in [2.45, 2.75) is 33.1 Å². The maximum absolute atomic E-state index is 11.2. The lowest BCUT2D eigenvalue weighted by atomic mass is 10.1. The number of rotatable bonds is 7. The Kier molecular flexibility index (Phi) is 6.25. The summed E-state index contributed by atoms with van der Waals surface area (Å²) in [6.45, 7) is 8.68. The molecule has 1 aromatic rings. The van der Waals surface area contributed by atoms with Crippen molar-refractivity contribution in [3.05, 3.63) is 29.8 Å². The molecule has 0 bridgehead atoms. The Labute approximate surface area is 133 Å². The van der Waals surface area contributed by atoms with E-state index < -0.39 is 5.97 Å². The van der Waals surface area contributed by atoms with E-state index in [1.54, 1.807) is 6.92 Å². The van der Waals surface area contributed by atoms with Gasteiger partial charge < -0.3 is 14.9 Å². The van der Waals surface area contributed by atoms with Gasteiger partial charge in [-0.1, -0.05) is 25.5 Å². The first-order valence-corrected chi connectivity index (χ1v) is 8.33. The van der Waals surface area contributed by atoms with Gasteiger partial charge in [0.05, 0.1) is 5.92 Å². The second kappa shape index (κ2) is 8.18. The maximum atomic E-state index is 11.2. The van der Waals surface area contributed by atoms with Crippen LogP contribution in [0, 0.1) is 12.8 Å². The van der Waals surface area contributed by atoms with Gasteiger partial charge in [-0.15, -0.1) is 0 Å². The molecule has 0 aliphatic carbocycles. The lowest BCUT2D eigenvalue weighted by Gasteiger charge is -2.32. The molecular formula is C18H28N2O2. The minimum atomic E-state index is -0.726. The number of nitrogens with zero attached hydrogens (tertiary/aromatic N) is 2. The summed E-state index contributed by atoms with van der Waals surface area (Å²) in [5.74, 6) is -1.09. The van der Waals surface area contributed by atoms with E-state index in [2.05, 4.69) is 34.9 Å². The van der Waals surface area contributed by atoms with Crippen LogP contribution in [0.25, 0.3) is 0 Å². The molecule has 1 saturated heterocycles. The fraction of sp³-hybridized carbons (Fsp3) is 0.611. The van der Waals surface area contributed by atoms with E-state index in [0.29, 0.717) is 6.54 Å². The quantitative estimate of drug-likeness (QED) is 0.841. The molecule has 1 heterocycles. The SMILES string of the molecule is Cc1cccc(N(CCN2CCCCC2)CC(C)C(=O)O)c1. The number of aryl methyl sites for hydroxylation is 1. The first-order valence-electron chi connectivity index (χ1n) is 8.33. The maximum Gasteiger partial charge on any atom is 0.308 e. The van der Waals surface area contributed by atoms with Crippen molar-refractivity contribution in [3.63, 3.8) is 0 Å². The Morgan fingerprint density at radius 3 is 2.68 bits per heavy atom. The molecule has 4 heteroatoms. The van der Waals surface area contributed by atoms with Crippen molar-refractivity contribution in [2.24, 2.45) is 5.92 Å². The highest BCUT2D eigenvalue weighted by molar-refractivity contribution is 5.70. The number of hydrogen-bond donors (Lipinski definition) is 1. The monoisotopic (exact) mass is 304 g/mol. The van der Waals surface area contributed by atoms with Crippen LogP contribution >= 0.6 is 0 Å². The number of anilines is 1. The molecule has 1 N–H and O–H groups in total. The van der Waals surface area contributed by atoms with Gasteiger partial charge >= 0.3 is 5.97 Å². The van der Waals surface area contributed by atoms with E-state index in [4.69, 9.17) is 0 Å². The molecule has 1 unspecified atom stereocenters. The third-order valence-corrected chi connectivity index (χ3v) is 4.42. The number of aliphatic carboxylic acids is 1. The van der Waals surface area contributed by atoms with Crippen LogP contribution in [-0.4, -0.2) is 48.7 Å². The zero-order valence-corrected chi connectivity index (χ0v) is 13.8. The summed E-state index contributed by atoms with van der Waals surface area (Å²) < 4.78 is 0. The van der Waals surface area contributed by atoms with Gasteiger partial charge in [-0.05, 0) is 50.6 Å². The van der Waals surface area contributed by atoms with E-state index in [9.17, 15) is 9.90 Å². The number of carboxylic acids is 1. The first kappa shape index (κ1) is 16.8. The molecule has 0 amide bonds. The number of carboxylic acid groups (broad SMARTS) is 1. The van der Waals surface area contributed by atoms with Crippen molar-refractivity contribution in [2.75, 3.05) is 37.6 Å². The van der Waals surface area contributed by atoms with Crippen LogP contribution in [0.15, 0.2) is 24.3 Å². The fourth-order valence-corrected chi connectivity index (χ4v) is 3.00. The average Bonchev–Trinajstić information content (AvgIpc) is 2.52. The molecule has 1 atom stereocenters. The van der Waals surface area contributed by atoms with Crippen LogP contribution in [0.1, 0.15) is 31.7 Å². The van der Waals surface area contributed by atoms with Gasteiger partial charge in [0.25, 0.3) is 0 Å². The van der Waals surface area contributed by atoms with E-state index in [-0.39, 0.29) is 5.92 Å². The standard InChI is InChI=1S/C18H28N2O2/c1-15-7-6-8-17(13-15)20(14-16(2)18(21)22)12-11-19-9-4-3-5-10-19/h6-8,13,16H,3-5,9-12,14H2,1-2H3,(H,21,22). The smallest absolute Gasteiger partial charge is 0.308 e. The molecule has 1 aliphatic rings. The molecule has 0 aromatic heterocycles. The van der Waals surface area contributed by atoms with E-state index >= 15 is 0 Å². The summed E-state index contributed by atoms with van der Waals surface area (Å²) in [7, 11) is 0. The number of piperidine rings is 1. The minimum Gasteiger partial charge on any atom is -0.481 e. The van der Waals surface area contributed by atoms with Crippen LogP contribution < -0.4 is 4.90 Å². The van der Waals surface area contributed by atoms with Gasteiger partial charge in [0.15, 0.2) is 0 Å². The molecule has 4 nitrogen and oxygen atoms in total. The lowest BCUT2D eigenvalue weighted by Crippen LogP contribution is -2.40. The summed E-state index contributed by atoms with van der Waals surface area (Å²) >= 11 is 0. The molecule has 1 aliphatic heterocycles. The van der Waals surface area contributed by atoms with Crippen LogP contribution in [0.2, 0.25) is 0 Å². The molecule has 1 aromatic carbocycles. The van der Waals surface area contributed by atoms with Crippen molar-refractivity contribution in [3.8, 4) is 0 Å². The van der Waals surface area contributed by atoms with Crippen LogP contribution in [0.4, 0.5) is 5.69 Å². The van der Waals surface area contributed by atoms with E-state index in [1.807, 2.05) is 6.07 Å². The zero-order chi connectivity index (χ0) is 15.9. The second-order valence-corrected chi connectivity index (χ2v) is 6.43. The molecular weight excluding hydrogens is 276 g/mol. The molecule has 122 valence electrons. The summed E-state index contributed by atoms with van der Waals surface area (Å²) in [5.41, 5.74) is 2.34. The summed E-state index contributed by atoms with van der Waals surface area (Å²) in [4.78, 5) is 15.9. The fourth-order valence-electron chi connectivity index (χ4n) is 3.00. The van der Waals surface area contributed by atoms with Crippen LogP contribution in [0.3, 0.4) is 0 Å². The number of carbonyl (C=O) groups is 1. The van der Waals surface area contributed by atoms with Gasteiger partial charge in [0.1, 0.15) is 0 Å². The number of likely N-dealkylation sites (tertiary alicyclic amines) is 1. The Morgan fingerprint density at radius 2 is 2.05 bits per heavy atom. The number of hydrogen-bond acceptors (Lipinski definition) is 3. The Bertz CT molecular complexity index is 484. The van der Waals surface area contributed by atoms with E-state index in [0.717, 1.165) is 18.8 Å². The van der Waals surface area contributed by atoms with E-state index in [1.165, 1.54) is 37.9 Å². The average molecular weight is 304 g/mol. The van der Waals surface area contributed by atoms with Crippen molar-refractivity contribution >= 4 is 11.7 Å². The van der Waals surface area contributed by atoms with Gasteiger partial charge in [0.2, 0.25) is 0 Å².